The van der Waals surface area contributed by atoms with Crippen molar-refractivity contribution in [2.75, 3.05) is 0 Å². The smallest absolute Gasteiger partial charge is 0.269 e. The first-order chi connectivity index (χ1) is 8.47. The van der Waals surface area contributed by atoms with Crippen LogP contribution in [0, 0.1) is 6.92 Å². The first-order valence-corrected chi connectivity index (χ1v) is 6.95. The number of aryl methyl sites for hydroxylation is 1. The molecule has 0 amide bonds. The summed E-state index contributed by atoms with van der Waals surface area (Å²) in [5.41, 5.74) is 1.66. The lowest BCUT2D eigenvalue weighted by Crippen LogP contribution is -2.00. The summed E-state index contributed by atoms with van der Waals surface area (Å²) < 4.78 is 29.2. The summed E-state index contributed by atoms with van der Waals surface area (Å²) in [4.78, 5) is 3.98. The van der Waals surface area contributed by atoms with E-state index in [2.05, 4.69) is 4.98 Å². The minimum absolute atomic E-state index is 0.312. The maximum absolute atomic E-state index is 10.4. The van der Waals surface area contributed by atoms with Crippen LogP contribution >= 0.6 is 0 Å². The number of aromatic nitrogens is 1. The summed E-state index contributed by atoms with van der Waals surface area (Å²) in [6, 6.07) is 14.4. The topological polar surface area (TPSA) is 67.3 Å². The van der Waals surface area contributed by atoms with Gasteiger partial charge in [0.2, 0.25) is 0 Å². The average molecular weight is 265 g/mol. The third kappa shape index (κ3) is 6.78. The van der Waals surface area contributed by atoms with Crippen LogP contribution in [-0.2, 0) is 15.9 Å². The molecule has 0 unspecified atom stereocenters. The largest absolute Gasteiger partial charge is 0.285 e. The lowest BCUT2D eigenvalue weighted by Gasteiger charge is -1.95. The van der Waals surface area contributed by atoms with Crippen LogP contribution in [-0.4, -0.2) is 18.0 Å². The highest BCUT2D eigenvalue weighted by Gasteiger charge is 2.04. The Labute approximate surface area is 107 Å². The summed E-state index contributed by atoms with van der Waals surface area (Å²) in [6.07, 6.45) is 1.79. The maximum Gasteiger partial charge on any atom is 0.269 e. The molecule has 0 fully saturated rings. The van der Waals surface area contributed by atoms with E-state index >= 15 is 0 Å². The predicted molar refractivity (Wildman–Crippen MR) is 70.7 cm³/mol. The second-order valence-corrected chi connectivity index (χ2v) is 5.14. The van der Waals surface area contributed by atoms with Crippen LogP contribution in [0.5, 0.6) is 0 Å². The van der Waals surface area contributed by atoms with E-state index in [1.807, 2.05) is 25.1 Å². The van der Waals surface area contributed by atoms with E-state index in [0.29, 0.717) is 5.56 Å². The molecule has 4 nitrogen and oxygen atoms in total. The third-order valence-electron chi connectivity index (χ3n) is 2.00. The van der Waals surface area contributed by atoms with Crippen molar-refractivity contribution in [3.8, 4) is 0 Å². The molecule has 2 rings (SSSR count). The van der Waals surface area contributed by atoms with E-state index in [9.17, 15) is 8.42 Å². The van der Waals surface area contributed by atoms with Gasteiger partial charge < -0.3 is 0 Å². The van der Waals surface area contributed by atoms with Gasteiger partial charge in [0.05, 0.1) is 0 Å². The Morgan fingerprint density at radius 3 is 2.06 bits per heavy atom. The first-order valence-electron chi connectivity index (χ1n) is 5.34. The van der Waals surface area contributed by atoms with Crippen LogP contribution in [0.4, 0.5) is 0 Å². The van der Waals surface area contributed by atoms with Crippen molar-refractivity contribution < 1.29 is 13.0 Å². The molecule has 0 saturated heterocycles. The van der Waals surface area contributed by atoms with E-state index in [1.165, 1.54) is 0 Å². The van der Waals surface area contributed by atoms with Crippen LogP contribution in [0.1, 0.15) is 11.3 Å². The maximum atomic E-state index is 10.4. The van der Waals surface area contributed by atoms with Crippen LogP contribution in [0.2, 0.25) is 0 Å². The van der Waals surface area contributed by atoms with Gasteiger partial charge in [-0.05, 0) is 24.6 Å². The molecule has 96 valence electrons. The summed E-state index contributed by atoms with van der Waals surface area (Å²) >= 11 is 0. The molecule has 0 bridgehead atoms. The van der Waals surface area contributed by atoms with Crippen molar-refractivity contribution in [3.05, 3.63) is 66.0 Å². The van der Waals surface area contributed by atoms with Crippen molar-refractivity contribution >= 4 is 10.1 Å². The average Bonchev–Trinajstić information content (AvgIpc) is 2.30. The van der Waals surface area contributed by atoms with Crippen LogP contribution in [0.15, 0.2) is 54.7 Å². The molecule has 18 heavy (non-hydrogen) atoms. The van der Waals surface area contributed by atoms with Crippen molar-refractivity contribution in [2.24, 2.45) is 0 Å². The summed E-state index contributed by atoms with van der Waals surface area (Å²) in [6.45, 7) is 1.97. The number of nitrogens with zero attached hydrogens (tertiary/aromatic N) is 1. The molecule has 0 aliphatic heterocycles. The molecule has 2 aromatic rings. The zero-order valence-electron chi connectivity index (χ0n) is 10.0. The van der Waals surface area contributed by atoms with Gasteiger partial charge in [0, 0.05) is 11.9 Å². The molecular formula is C13H15NO3S. The monoisotopic (exact) mass is 265 g/mol. The zero-order valence-corrected chi connectivity index (χ0v) is 10.8. The lowest BCUT2D eigenvalue weighted by molar-refractivity contribution is 0.482. The van der Waals surface area contributed by atoms with Gasteiger partial charge in [-0.2, -0.15) is 8.42 Å². The summed E-state index contributed by atoms with van der Waals surface area (Å²) in [5, 5.41) is 0. The highest BCUT2D eigenvalue weighted by atomic mass is 32.2. The fraction of sp³-hybridized carbons (Fsp3) is 0.154. The van der Waals surface area contributed by atoms with Gasteiger partial charge in [-0.1, -0.05) is 36.4 Å². The summed E-state index contributed by atoms with van der Waals surface area (Å²) in [7, 11) is -3.88. The molecule has 1 aromatic carbocycles. The molecule has 0 aliphatic rings. The zero-order chi connectivity index (χ0) is 13.4. The standard InChI is InChI=1S/C7H8O3S.C6H7N/c8-11(9,10)6-7-4-2-1-3-5-7;1-6-4-2-3-5-7-6/h1-5H,6H2,(H,8,9,10);2-5H,1H3. The molecule has 5 heteroatoms. The van der Waals surface area contributed by atoms with Crippen molar-refractivity contribution in [2.45, 2.75) is 12.7 Å². The van der Waals surface area contributed by atoms with Crippen molar-refractivity contribution in [1.29, 1.82) is 0 Å². The van der Waals surface area contributed by atoms with E-state index in [-0.39, 0.29) is 5.75 Å². The molecule has 1 aromatic heterocycles. The number of hydrogen-bond donors (Lipinski definition) is 1. The van der Waals surface area contributed by atoms with E-state index in [0.717, 1.165) is 5.69 Å². The Morgan fingerprint density at radius 1 is 1.06 bits per heavy atom. The molecule has 1 heterocycles. The fourth-order valence-electron chi connectivity index (χ4n) is 1.23. The molecule has 0 radical (unpaired) electrons. The van der Waals surface area contributed by atoms with Gasteiger partial charge in [-0.3, -0.25) is 9.54 Å². The lowest BCUT2D eigenvalue weighted by atomic mass is 10.2. The van der Waals surface area contributed by atoms with Crippen molar-refractivity contribution in [3.63, 3.8) is 0 Å². The van der Waals surface area contributed by atoms with Gasteiger partial charge in [0.15, 0.2) is 0 Å². The SMILES string of the molecule is Cc1ccccn1.O=S(=O)(O)Cc1ccccc1. The van der Waals surface area contributed by atoms with Crippen LogP contribution < -0.4 is 0 Å². The highest BCUT2D eigenvalue weighted by Crippen LogP contribution is 2.02. The van der Waals surface area contributed by atoms with Crippen LogP contribution in [0.3, 0.4) is 0 Å². The normalized spacial score (nSPS) is 10.3. The van der Waals surface area contributed by atoms with Gasteiger partial charge in [-0.15, -0.1) is 0 Å². The summed E-state index contributed by atoms with van der Waals surface area (Å²) in [5.74, 6) is -0.312. The quantitative estimate of drug-likeness (QED) is 0.847. The van der Waals surface area contributed by atoms with Gasteiger partial charge in [0.1, 0.15) is 5.75 Å². The van der Waals surface area contributed by atoms with Gasteiger partial charge >= 0.3 is 0 Å². The van der Waals surface area contributed by atoms with E-state index in [1.54, 1.807) is 36.5 Å². The van der Waals surface area contributed by atoms with Crippen molar-refractivity contribution in [1.82, 2.24) is 4.98 Å². The fourth-order valence-corrected chi connectivity index (χ4v) is 1.85. The molecule has 0 spiro atoms. The Morgan fingerprint density at radius 2 is 1.67 bits per heavy atom. The number of rotatable bonds is 2. The number of pyridine rings is 1. The molecule has 0 atom stereocenters. The first kappa shape index (κ1) is 14.3. The Hall–Kier alpha value is -1.72. The molecule has 1 N–H and O–H groups in total. The second-order valence-electron chi connectivity index (χ2n) is 3.68. The highest BCUT2D eigenvalue weighted by molar-refractivity contribution is 7.85. The van der Waals surface area contributed by atoms with E-state index in [4.69, 9.17) is 4.55 Å². The minimum Gasteiger partial charge on any atom is -0.285 e. The van der Waals surface area contributed by atoms with E-state index < -0.39 is 10.1 Å². The molecule has 0 aliphatic carbocycles. The second kappa shape index (κ2) is 6.88. The number of benzene rings is 1. The predicted octanol–water partition coefficient (Wildman–Crippen LogP) is 2.46. The van der Waals surface area contributed by atoms with Crippen LogP contribution in [0.25, 0.3) is 0 Å². The minimum atomic E-state index is -3.88. The Balaban J connectivity index is 0.000000199. The Bertz CT molecular complexity index is 553. The third-order valence-corrected chi connectivity index (χ3v) is 2.70. The molecular weight excluding hydrogens is 250 g/mol. The van der Waals surface area contributed by atoms with Gasteiger partial charge in [0.25, 0.3) is 10.1 Å². The van der Waals surface area contributed by atoms with Gasteiger partial charge in [-0.25, -0.2) is 0 Å². The number of hydrogen-bond acceptors (Lipinski definition) is 3. The molecule has 0 saturated carbocycles. The Kier molecular flexibility index (Phi) is 5.48.